The lowest BCUT2D eigenvalue weighted by molar-refractivity contribution is -1.03. The second-order valence-corrected chi connectivity index (χ2v) is 5.90. The molecule has 23 heavy (non-hydrogen) atoms. The lowest BCUT2D eigenvalue weighted by Gasteiger charge is -2.10. The van der Waals surface area contributed by atoms with Crippen LogP contribution in [0.5, 0.6) is 11.5 Å². The van der Waals surface area contributed by atoms with E-state index in [2.05, 4.69) is 33.4 Å². The normalized spacial score (nSPS) is 16.0. The summed E-state index contributed by atoms with van der Waals surface area (Å²) in [6.45, 7) is 0. The van der Waals surface area contributed by atoms with E-state index >= 15 is 0 Å². The molecule has 6 rings (SSSR count). The van der Waals surface area contributed by atoms with E-state index in [0.717, 1.165) is 33.3 Å². The van der Waals surface area contributed by atoms with E-state index in [1.165, 1.54) is 0 Å². The summed E-state index contributed by atoms with van der Waals surface area (Å²) >= 11 is 0. The molecular formula is C19H12N2O2+2. The zero-order valence-electron chi connectivity index (χ0n) is 12.1. The van der Waals surface area contributed by atoms with Gasteiger partial charge in [0.05, 0.1) is 10.8 Å². The number of para-hydroxylation sites is 2. The van der Waals surface area contributed by atoms with Gasteiger partial charge in [-0.05, 0) is 45.5 Å². The highest BCUT2D eigenvalue weighted by molar-refractivity contribution is 5.83. The molecule has 0 saturated heterocycles. The van der Waals surface area contributed by atoms with E-state index in [1.807, 2.05) is 48.8 Å². The first kappa shape index (κ1) is 11.4. The van der Waals surface area contributed by atoms with Gasteiger partial charge in [0, 0.05) is 12.1 Å². The summed E-state index contributed by atoms with van der Waals surface area (Å²) in [7, 11) is 0. The molecule has 4 aromatic rings. The summed E-state index contributed by atoms with van der Waals surface area (Å²) in [5.41, 5.74) is 2.10. The molecule has 108 valence electrons. The van der Waals surface area contributed by atoms with Gasteiger partial charge >= 0.3 is 6.03 Å². The van der Waals surface area contributed by atoms with Crippen molar-refractivity contribution in [2.45, 2.75) is 6.03 Å². The van der Waals surface area contributed by atoms with Crippen LogP contribution < -0.4 is 18.6 Å². The van der Waals surface area contributed by atoms with Crippen molar-refractivity contribution in [3.8, 4) is 11.5 Å². The van der Waals surface area contributed by atoms with Crippen molar-refractivity contribution < 1.29 is 18.6 Å². The minimum Gasteiger partial charge on any atom is -0.334 e. The molecule has 0 atom stereocenters. The topological polar surface area (TPSA) is 26.2 Å². The number of aromatic nitrogens is 2. The van der Waals surface area contributed by atoms with Gasteiger partial charge < -0.3 is 9.47 Å². The maximum Gasteiger partial charge on any atom is 0.715 e. The molecule has 2 aliphatic heterocycles. The van der Waals surface area contributed by atoms with Gasteiger partial charge in [-0.2, -0.15) is 0 Å². The Labute approximate surface area is 131 Å². The molecule has 2 aromatic carbocycles. The molecule has 0 amide bonds. The molecule has 1 spiro atoms. The molecule has 0 unspecified atom stereocenters. The van der Waals surface area contributed by atoms with Crippen LogP contribution in [-0.2, 0) is 6.03 Å². The Morgan fingerprint density at radius 2 is 1.09 bits per heavy atom. The minimum absolute atomic E-state index is 0.834. The number of pyridine rings is 2. The Bertz CT molecular complexity index is 1030. The molecule has 0 aliphatic carbocycles. The van der Waals surface area contributed by atoms with Crippen molar-refractivity contribution in [1.29, 1.82) is 0 Å². The van der Waals surface area contributed by atoms with Crippen LogP contribution in [0.1, 0.15) is 0 Å². The lowest BCUT2D eigenvalue weighted by Crippen LogP contribution is -2.75. The molecule has 0 radical (unpaired) electrons. The average molecular weight is 300 g/mol. The van der Waals surface area contributed by atoms with Gasteiger partial charge in [0.15, 0.2) is 12.4 Å². The average Bonchev–Trinajstić information content (AvgIpc) is 3.08. The smallest absolute Gasteiger partial charge is 0.334 e. The monoisotopic (exact) mass is 300 g/mol. The van der Waals surface area contributed by atoms with E-state index in [4.69, 9.17) is 9.47 Å². The van der Waals surface area contributed by atoms with Gasteiger partial charge in [0.1, 0.15) is 0 Å². The van der Waals surface area contributed by atoms with E-state index in [0.29, 0.717) is 0 Å². The van der Waals surface area contributed by atoms with Gasteiger partial charge in [-0.3, -0.25) is 0 Å². The molecule has 2 aromatic heterocycles. The first-order chi connectivity index (χ1) is 11.4. The fraction of sp³-hybridized carbons (Fsp3) is 0.0526. The van der Waals surface area contributed by atoms with Gasteiger partial charge in [-0.15, -0.1) is 0 Å². The Hall–Kier alpha value is -3.14. The Morgan fingerprint density at radius 1 is 0.609 bits per heavy atom. The summed E-state index contributed by atoms with van der Waals surface area (Å²) in [5, 5.41) is 2.27. The molecule has 0 bridgehead atoms. The molecule has 4 nitrogen and oxygen atoms in total. The van der Waals surface area contributed by atoms with E-state index in [1.54, 1.807) is 0 Å². The third kappa shape index (κ3) is 1.20. The van der Waals surface area contributed by atoms with Crippen LogP contribution in [-0.4, -0.2) is 0 Å². The van der Waals surface area contributed by atoms with Crippen molar-refractivity contribution in [3.05, 3.63) is 73.1 Å². The number of ether oxygens (including phenoxy) is 2. The highest BCUT2D eigenvalue weighted by atomic mass is 16.8. The highest BCUT2D eigenvalue weighted by Gasteiger charge is 2.68. The first-order valence-corrected chi connectivity index (χ1v) is 7.63. The van der Waals surface area contributed by atoms with Gasteiger partial charge in [0.2, 0.25) is 11.5 Å². The Balaban J connectivity index is 1.76. The van der Waals surface area contributed by atoms with Crippen molar-refractivity contribution in [1.82, 2.24) is 0 Å². The highest BCUT2D eigenvalue weighted by Crippen LogP contribution is 2.38. The molecule has 0 N–H and O–H groups in total. The van der Waals surface area contributed by atoms with Crippen LogP contribution in [0.3, 0.4) is 0 Å². The van der Waals surface area contributed by atoms with Gasteiger partial charge in [0.25, 0.3) is 11.0 Å². The van der Waals surface area contributed by atoms with E-state index in [9.17, 15) is 0 Å². The number of hydrogen-bond donors (Lipinski definition) is 0. The maximum atomic E-state index is 6.35. The number of fused-ring (bicyclic) bond motifs is 2. The zero-order valence-corrected chi connectivity index (χ0v) is 12.1. The van der Waals surface area contributed by atoms with Crippen molar-refractivity contribution in [2.75, 3.05) is 0 Å². The summed E-state index contributed by atoms with van der Waals surface area (Å²) in [6, 6.07) is 19.4. The lowest BCUT2D eigenvalue weighted by atomic mass is 10.2. The predicted molar refractivity (Wildman–Crippen MR) is 82.9 cm³/mol. The van der Waals surface area contributed by atoms with Crippen LogP contribution in [0.25, 0.3) is 21.8 Å². The van der Waals surface area contributed by atoms with E-state index in [-0.39, 0.29) is 0 Å². The molecule has 0 fully saturated rings. The fourth-order valence-corrected chi connectivity index (χ4v) is 3.73. The fourth-order valence-electron chi connectivity index (χ4n) is 3.73. The van der Waals surface area contributed by atoms with Crippen LogP contribution in [0.4, 0.5) is 0 Å². The van der Waals surface area contributed by atoms with Crippen LogP contribution in [0.15, 0.2) is 73.1 Å². The SMILES string of the molecule is c1cc2c3c(c1)ccc[n+]3C1(O2)Oc2cccc3ccc[n+]1c23. The predicted octanol–water partition coefficient (Wildman–Crippen LogP) is 2.47. The Kier molecular flexibility index (Phi) is 1.79. The van der Waals surface area contributed by atoms with Crippen LogP contribution >= 0.6 is 0 Å². The Morgan fingerprint density at radius 3 is 1.61 bits per heavy atom. The summed E-state index contributed by atoms with van der Waals surface area (Å²) in [6.07, 6.45) is 4.02. The largest absolute Gasteiger partial charge is 0.715 e. The molecule has 4 heterocycles. The van der Waals surface area contributed by atoms with Crippen LogP contribution in [0.2, 0.25) is 0 Å². The van der Waals surface area contributed by atoms with Gasteiger partial charge in [-0.25, -0.2) is 0 Å². The maximum absolute atomic E-state index is 6.35. The number of rotatable bonds is 0. The minimum atomic E-state index is -1.02. The van der Waals surface area contributed by atoms with Crippen molar-refractivity contribution in [3.63, 3.8) is 0 Å². The summed E-state index contributed by atoms with van der Waals surface area (Å²) in [5.74, 6) is 1.67. The third-order valence-corrected chi connectivity index (χ3v) is 4.66. The second kappa shape index (κ2) is 3.60. The molecular weight excluding hydrogens is 288 g/mol. The number of nitrogens with zero attached hydrogens (tertiary/aromatic N) is 2. The second-order valence-electron chi connectivity index (χ2n) is 5.90. The standard InChI is InChI=1S/C19H12N2O2/c1-5-13-7-3-11-20-17(13)15(9-1)22-19(20)21-12-4-8-14-6-2-10-16(23-19)18(14)21/h1-12H/q+2. The number of hydrogen-bond acceptors (Lipinski definition) is 2. The van der Waals surface area contributed by atoms with Crippen molar-refractivity contribution in [2.24, 2.45) is 0 Å². The van der Waals surface area contributed by atoms with Crippen LogP contribution in [0, 0.1) is 0 Å². The molecule has 4 heteroatoms. The van der Waals surface area contributed by atoms with Crippen molar-refractivity contribution >= 4 is 21.8 Å². The summed E-state index contributed by atoms with van der Waals surface area (Å²) in [4.78, 5) is 0. The molecule has 0 saturated carbocycles. The summed E-state index contributed by atoms with van der Waals surface area (Å²) < 4.78 is 16.8. The zero-order chi connectivity index (χ0) is 15.0. The first-order valence-electron chi connectivity index (χ1n) is 7.63. The third-order valence-electron chi connectivity index (χ3n) is 4.66. The number of benzene rings is 2. The quantitative estimate of drug-likeness (QED) is 0.466. The molecule has 2 aliphatic rings. The van der Waals surface area contributed by atoms with Gasteiger partial charge in [-0.1, -0.05) is 12.1 Å². The van der Waals surface area contributed by atoms with E-state index < -0.39 is 6.03 Å².